The monoisotopic (exact) mass is 389 g/mol. The van der Waals surface area contributed by atoms with Gasteiger partial charge in [0.1, 0.15) is 11.9 Å². The summed E-state index contributed by atoms with van der Waals surface area (Å²) in [4.78, 5) is 0. The Morgan fingerprint density at radius 3 is 2.33 bits per heavy atom. The van der Waals surface area contributed by atoms with Crippen LogP contribution >= 0.6 is 0 Å². The molecule has 6 nitrogen and oxygen atoms in total. The molecule has 27 heavy (non-hydrogen) atoms. The number of nitrogens with one attached hydrogen (secondary N) is 1. The molecule has 1 N–H and O–H groups in total. The van der Waals surface area contributed by atoms with Gasteiger partial charge in [-0.05, 0) is 23.8 Å². The van der Waals surface area contributed by atoms with E-state index in [0.29, 0.717) is 12.4 Å². The van der Waals surface area contributed by atoms with Crippen molar-refractivity contribution in [2.45, 2.75) is 25.0 Å². The van der Waals surface area contributed by atoms with Crippen molar-refractivity contribution < 1.29 is 22.6 Å². The van der Waals surface area contributed by atoms with Crippen LogP contribution in [0.2, 0.25) is 0 Å². The molecule has 3 rings (SSSR count). The molecule has 0 saturated carbocycles. The van der Waals surface area contributed by atoms with Crippen molar-refractivity contribution in [2.24, 2.45) is 0 Å². The molecule has 0 bridgehead atoms. The molecule has 0 radical (unpaired) electrons. The van der Waals surface area contributed by atoms with Crippen LogP contribution in [-0.2, 0) is 26.1 Å². The SMILES string of the molecule is CS(=O)(=O)N[C@@H]1C=C[C@H](Oc2ccccc2)O[C@@H]1COCc1ccccc1. The lowest BCUT2D eigenvalue weighted by molar-refractivity contribution is -0.127. The molecule has 1 heterocycles. The summed E-state index contributed by atoms with van der Waals surface area (Å²) in [5, 5.41) is 0. The van der Waals surface area contributed by atoms with Gasteiger partial charge in [0.05, 0.1) is 25.5 Å². The van der Waals surface area contributed by atoms with Gasteiger partial charge in [-0.1, -0.05) is 54.6 Å². The maximum atomic E-state index is 11.6. The zero-order valence-electron chi connectivity index (χ0n) is 15.0. The Labute approximate surface area is 159 Å². The zero-order chi connectivity index (χ0) is 19.1. The maximum absolute atomic E-state index is 11.6. The van der Waals surface area contributed by atoms with Gasteiger partial charge in [-0.2, -0.15) is 0 Å². The molecule has 0 aromatic heterocycles. The Hall–Kier alpha value is -2.19. The van der Waals surface area contributed by atoms with Gasteiger partial charge in [0.2, 0.25) is 16.3 Å². The molecule has 0 saturated heterocycles. The van der Waals surface area contributed by atoms with E-state index in [0.717, 1.165) is 11.8 Å². The Morgan fingerprint density at radius 2 is 1.67 bits per heavy atom. The number of hydrogen-bond acceptors (Lipinski definition) is 5. The average Bonchev–Trinajstić information content (AvgIpc) is 2.64. The van der Waals surface area contributed by atoms with E-state index in [1.807, 2.05) is 60.7 Å². The quantitative estimate of drug-likeness (QED) is 0.702. The van der Waals surface area contributed by atoms with Crippen molar-refractivity contribution in [3.05, 3.63) is 78.4 Å². The van der Waals surface area contributed by atoms with Crippen LogP contribution in [0.3, 0.4) is 0 Å². The molecule has 2 aromatic carbocycles. The number of ether oxygens (including phenoxy) is 3. The maximum Gasteiger partial charge on any atom is 0.220 e. The Balaban J connectivity index is 1.63. The summed E-state index contributed by atoms with van der Waals surface area (Å²) in [5.74, 6) is 0.672. The molecular formula is C20H23NO5S. The van der Waals surface area contributed by atoms with Crippen LogP contribution in [0.4, 0.5) is 0 Å². The smallest absolute Gasteiger partial charge is 0.220 e. The molecule has 0 amide bonds. The molecule has 0 aliphatic carbocycles. The Bertz CT molecular complexity index is 839. The Kier molecular flexibility index (Phi) is 6.63. The molecule has 2 aromatic rings. The van der Waals surface area contributed by atoms with Crippen LogP contribution in [-0.4, -0.2) is 39.7 Å². The van der Waals surface area contributed by atoms with Crippen molar-refractivity contribution in [3.8, 4) is 5.75 Å². The summed E-state index contributed by atoms with van der Waals surface area (Å²) < 4.78 is 43.3. The summed E-state index contributed by atoms with van der Waals surface area (Å²) in [5.41, 5.74) is 1.04. The fourth-order valence-corrected chi connectivity index (χ4v) is 3.43. The second kappa shape index (κ2) is 9.14. The first-order valence-corrected chi connectivity index (χ1v) is 10.5. The minimum atomic E-state index is -3.39. The van der Waals surface area contributed by atoms with Gasteiger partial charge in [-0.15, -0.1) is 0 Å². The summed E-state index contributed by atoms with van der Waals surface area (Å²) in [6.45, 7) is 0.640. The first-order chi connectivity index (χ1) is 13.0. The van der Waals surface area contributed by atoms with Crippen molar-refractivity contribution in [1.29, 1.82) is 0 Å². The van der Waals surface area contributed by atoms with Gasteiger partial charge in [-0.3, -0.25) is 0 Å². The van der Waals surface area contributed by atoms with Gasteiger partial charge in [0, 0.05) is 0 Å². The topological polar surface area (TPSA) is 73.9 Å². The summed E-state index contributed by atoms with van der Waals surface area (Å²) in [6.07, 6.45) is 3.44. The molecule has 1 aliphatic rings. The van der Waals surface area contributed by atoms with Gasteiger partial charge in [0.15, 0.2) is 0 Å². The van der Waals surface area contributed by atoms with Crippen LogP contribution in [0, 0.1) is 0 Å². The molecule has 144 valence electrons. The number of para-hydroxylation sites is 1. The molecule has 0 fully saturated rings. The third-order valence-electron chi connectivity index (χ3n) is 3.92. The van der Waals surface area contributed by atoms with E-state index in [4.69, 9.17) is 14.2 Å². The first-order valence-electron chi connectivity index (χ1n) is 8.64. The summed E-state index contributed by atoms with van der Waals surface area (Å²) in [6, 6.07) is 18.5. The van der Waals surface area contributed by atoms with Crippen LogP contribution in [0.25, 0.3) is 0 Å². The molecule has 1 aliphatic heterocycles. The van der Waals surface area contributed by atoms with Gasteiger partial charge in [-0.25, -0.2) is 13.1 Å². The molecule has 0 spiro atoms. The van der Waals surface area contributed by atoms with Gasteiger partial charge < -0.3 is 14.2 Å². The fourth-order valence-electron chi connectivity index (χ4n) is 2.71. The van der Waals surface area contributed by atoms with Crippen LogP contribution in [0.5, 0.6) is 5.75 Å². The lowest BCUT2D eigenvalue weighted by Crippen LogP contribution is -2.49. The molecule has 3 atom stereocenters. The summed E-state index contributed by atoms with van der Waals surface area (Å²) in [7, 11) is -3.39. The normalized spacial score (nSPS) is 22.5. The van der Waals surface area contributed by atoms with E-state index in [-0.39, 0.29) is 6.61 Å². The third-order valence-corrected chi connectivity index (χ3v) is 4.62. The van der Waals surface area contributed by atoms with E-state index < -0.39 is 28.5 Å². The second-order valence-electron chi connectivity index (χ2n) is 6.28. The highest BCUT2D eigenvalue weighted by Crippen LogP contribution is 2.19. The number of benzene rings is 2. The van der Waals surface area contributed by atoms with E-state index >= 15 is 0 Å². The molecule has 7 heteroatoms. The Morgan fingerprint density at radius 1 is 1.00 bits per heavy atom. The van der Waals surface area contributed by atoms with Crippen molar-refractivity contribution in [2.75, 3.05) is 12.9 Å². The standard InChI is InChI=1S/C20H23NO5S/c1-27(22,23)21-18-12-13-20(25-17-10-6-3-7-11-17)26-19(18)15-24-14-16-8-4-2-5-9-16/h2-13,18-21H,14-15H2,1H3/t18-,19-,20-/m1/s1. The largest absolute Gasteiger partial charge is 0.461 e. The van der Waals surface area contributed by atoms with Crippen LogP contribution < -0.4 is 9.46 Å². The molecule has 0 unspecified atom stereocenters. The van der Waals surface area contributed by atoms with E-state index in [2.05, 4.69) is 4.72 Å². The number of rotatable bonds is 8. The molecular weight excluding hydrogens is 366 g/mol. The van der Waals surface area contributed by atoms with E-state index in [9.17, 15) is 8.42 Å². The fraction of sp³-hybridized carbons (Fsp3) is 0.300. The van der Waals surface area contributed by atoms with Crippen molar-refractivity contribution >= 4 is 10.0 Å². The highest BCUT2D eigenvalue weighted by atomic mass is 32.2. The lowest BCUT2D eigenvalue weighted by atomic mass is 10.1. The van der Waals surface area contributed by atoms with E-state index in [1.54, 1.807) is 12.2 Å². The van der Waals surface area contributed by atoms with Crippen molar-refractivity contribution in [3.63, 3.8) is 0 Å². The second-order valence-corrected chi connectivity index (χ2v) is 8.06. The number of hydrogen-bond donors (Lipinski definition) is 1. The van der Waals surface area contributed by atoms with Gasteiger partial charge in [0.25, 0.3) is 0 Å². The predicted molar refractivity (Wildman–Crippen MR) is 103 cm³/mol. The third kappa shape index (κ3) is 6.48. The van der Waals surface area contributed by atoms with Crippen LogP contribution in [0.15, 0.2) is 72.8 Å². The highest BCUT2D eigenvalue weighted by Gasteiger charge is 2.30. The van der Waals surface area contributed by atoms with Crippen molar-refractivity contribution in [1.82, 2.24) is 4.72 Å². The van der Waals surface area contributed by atoms with E-state index in [1.165, 1.54) is 0 Å². The predicted octanol–water partition coefficient (Wildman–Crippen LogP) is 2.48. The number of sulfonamides is 1. The van der Waals surface area contributed by atoms with Crippen LogP contribution in [0.1, 0.15) is 5.56 Å². The van der Waals surface area contributed by atoms with Gasteiger partial charge >= 0.3 is 0 Å². The summed E-state index contributed by atoms with van der Waals surface area (Å²) >= 11 is 0. The lowest BCUT2D eigenvalue weighted by Gasteiger charge is -2.32. The first kappa shape index (κ1) is 19.6. The average molecular weight is 389 g/mol. The zero-order valence-corrected chi connectivity index (χ0v) is 15.8. The highest BCUT2D eigenvalue weighted by molar-refractivity contribution is 7.88. The minimum absolute atomic E-state index is 0.223. The minimum Gasteiger partial charge on any atom is -0.461 e.